The SMILES string of the molecule is CCCCC(=O)c1cc2c(cc1C(C)=O)C(=O)I(CCCC1C(=O)c3cc4c(cc3C1=O)C(=O)I(C)C4=O)C2=O. The number of halogens is 2. The van der Waals surface area contributed by atoms with Crippen molar-refractivity contribution in [2.75, 3.05) is 9.36 Å². The molecule has 10 heteroatoms. The Labute approximate surface area is 244 Å². The Hall–Kier alpha value is -2.74. The molecule has 0 unspecified atom stereocenters. The van der Waals surface area contributed by atoms with Crippen molar-refractivity contribution in [3.05, 3.63) is 68.8 Å². The monoisotopic (exact) mass is 768 g/mol. The van der Waals surface area contributed by atoms with E-state index in [0.717, 1.165) is 6.42 Å². The predicted octanol–water partition coefficient (Wildman–Crippen LogP) is 5.97. The number of Topliss-reactive ketones (excluding diaryl/α,β-unsaturated/α-hetero) is 4. The van der Waals surface area contributed by atoms with Crippen molar-refractivity contribution in [3.8, 4) is 0 Å². The zero-order valence-corrected chi connectivity index (χ0v) is 26.5. The quantitative estimate of drug-likeness (QED) is 0.100. The average molecular weight is 768 g/mol. The summed E-state index contributed by atoms with van der Waals surface area (Å²) in [5, 5.41) is 0. The molecule has 2 aliphatic heterocycles. The van der Waals surface area contributed by atoms with Gasteiger partial charge in [0.05, 0.1) is 0 Å². The van der Waals surface area contributed by atoms with Crippen molar-refractivity contribution in [2.45, 2.75) is 46.0 Å². The van der Waals surface area contributed by atoms with Gasteiger partial charge in [-0.25, -0.2) is 0 Å². The molecule has 5 rings (SSSR count). The minimum absolute atomic E-state index is 0.148. The van der Waals surface area contributed by atoms with E-state index >= 15 is 0 Å². The van der Waals surface area contributed by atoms with Gasteiger partial charge in [0.1, 0.15) is 0 Å². The second-order valence-corrected chi connectivity index (χ2v) is 19.8. The van der Waals surface area contributed by atoms with Crippen molar-refractivity contribution >= 4 is 77.9 Å². The predicted molar refractivity (Wildman–Crippen MR) is 164 cm³/mol. The topological polar surface area (TPSA) is 137 Å². The summed E-state index contributed by atoms with van der Waals surface area (Å²) in [5.74, 6) is -2.35. The molecule has 0 aromatic heterocycles. The number of hydrogen-bond acceptors (Lipinski definition) is 8. The Morgan fingerprint density at radius 1 is 0.700 bits per heavy atom. The first kappa shape index (κ1) is 28.8. The van der Waals surface area contributed by atoms with Gasteiger partial charge in [-0.3, -0.25) is 0 Å². The number of alkyl halides is 2. The van der Waals surface area contributed by atoms with Crippen LogP contribution in [0.25, 0.3) is 0 Å². The first-order valence-electron chi connectivity index (χ1n) is 12.9. The summed E-state index contributed by atoms with van der Waals surface area (Å²) in [6.45, 7) is 3.27. The van der Waals surface area contributed by atoms with Crippen molar-refractivity contribution in [1.82, 2.24) is 0 Å². The normalized spacial score (nSPS) is 18.1. The Kier molecular flexibility index (Phi) is 7.85. The number of benzene rings is 2. The van der Waals surface area contributed by atoms with Crippen LogP contribution >= 0.6 is 39.6 Å². The average Bonchev–Trinajstić information content (AvgIpc) is 3.41. The summed E-state index contributed by atoms with van der Waals surface area (Å²) in [5.41, 5.74) is 1.53. The van der Waals surface area contributed by atoms with E-state index in [-0.39, 0.29) is 88.5 Å². The molecule has 40 heavy (non-hydrogen) atoms. The number of rotatable bonds is 9. The molecule has 0 amide bonds. The Morgan fingerprint density at radius 3 is 1.70 bits per heavy atom. The van der Waals surface area contributed by atoms with Crippen molar-refractivity contribution in [2.24, 2.45) is 5.92 Å². The van der Waals surface area contributed by atoms with E-state index in [4.69, 9.17) is 0 Å². The third-order valence-corrected chi connectivity index (χ3v) is 17.0. The van der Waals surface area contributed by atoms with Gasteiger partial charge < -0.3 is 0 Å². The summed E-state index contributed by atoms with van der Waals surface area (Å²) in [7, 11) is 0. The molecule has 0 N–H and O–H groups in total. The summed E-state index contributed by atoms with van der Waals surface area (Å²) >= 11 is -5.41. The molecule has 0 fully saturated rings. The van der Waals surface area contributed by atoms with Crippen LogP contribution in [0.3, 0.4) is 0 Å². The molecular formula is C30H26I2O8. The summed E-state index contributed by atoms with van der Waals surface area (Å²) in [4.78, 5) is 104. The number of hydrogen-bond donors (Lipinski definition) is 0. The Balaban J connectivity index is 1.31. The molecule has 0 saturated heterocycles. The number of fused-ring (bicyclic) bond motifs is 3. The first-order chi connectivity index (χ1) is 19.0. The molecule has 0 spiro atoms. The second kappa shape index (κ2) is 10.9. The van der Waals surface area contributed by atoms with Gasteiger partial charge in [0, 0.05) is 0 Å². The molecule has 8 nitrogen and oxygen atoms in total. The van der Waals surface area contributed by atoms with Gasteiger partial charge in [0.15, 0.2) is 0 Å². The molecule has 1 aliphatic carbocycles. The fourth-order valence-electron chi connectivity index (χ4n) is 5.30. The van der Waals surface area contributed by atoms with Crippen LogP contribution < -0.4 is 0 Å². The molecule has 0 radical (unpaired) electrons. The molecule has 3 aliphatic rings. The van der Waals surface area contributed by atoms with Crippen LogP contribution in [0, 0.1) is 5.92 Å². The number of carbonyl (C=O) groups is 8. The van der Waals surface area contributed by atoms with Crippen molar-refractivity contribution in [1.29, 1.82) is 0 Å². The van der Waals surface area contributed by atoms with Crippen LogP contribution in [0.5, 0.6) is 0 Å². The molecule has 2 aromatic carbocycles. The van der Waals surface area contributed by atoms with Gasteiger partial charge in [0.25, 0.3) is 0 Å². The minimum atomic E-state index is -2.92. The van der Waals surface area contributed by atoms with Crippen LogP contribution in [0.1, 0.15) is 129 Å². The Morgan fingerprint density at radius 2 is 1.20 bits per heavy atom. The van der Waals surface area contributed by atoms with Crippen LogP contribution in [0.4, 0.5) is 0 Å². The van der Waals surface area contributed by atoms with E-state index < -0.39 is 57.1 Å². The zero-order valence-electron chi connectivity index (χ0n) is 22.2. The maximum absolute atomic E-state index is 13.3. The number of ketones is 4. The van der Waals surface area contributed by atoms with E-state index in [2.05, 4.69) is 0 Å². The van der Waals surface area contributed by atoms with Crippen molar-refractivity contribution < 1.29 is 38.4 Å². The molecule has 0 saturated carbocycles. The summed E-state index contributed by atoms with van der Waals surface area (Å²) in [6.07, 6.45) is 2.15. The van der Waals surface area contributed by atoms with E-state index in [1.165, 1.54) is 31.2 Å². The van der Waals surface area contributed by atoms with Gasteiger partial charge >= 0.3 is 246 Å². The molecule has 2 aromatic rings. The van der Waals surface area contributed by atoms with Crippen LogP contribution in [0.15, 0.2) is 24.3 Å². The Bertz CT molecular complexity index is 1550. The molecule has 208 valence electrons. The van der Waals surface area contributed by atoms with Gasteiger partial charge in [-0.15, -0.1) is 0 Å². The standard InChI is InChI=1S/C30H26I2O8/c1-4-5-8-24(34)17-11-23-22(10-16(17)14(2)33)29(39)32(30(23)40)9-6-7-15-25(35)18-12-20-21(13-19(18)26(15)36)28(38)31(3)27(20)37/h10-13,15H,4-9H2,1-3H3. The third kappa shape index (κ3) is 4.56. The van der Waals surface area contributed by atoms with Crippen LogP contribution in [0.2, 0.25) is 0 Å². The fraction of sp³-hybridized carbons (Fsp3) is 0.333. The van der Waals surface area contributed by atoms with E-state index in [9.17, 15) is 38.4 Å². The molecule has 0 bridgehead atoms. The van der Waals surface area contributed by atoms with Crippen molar-refractivity contribution in [3.63, 3.8) is 0 Å². The molecule has 0 atom stereocenters. The van der Waals surface area contributed by atoms with Gasteiger partial charge in [-0.05, 0) is 0 Å². The summed E-state index contributed by atoms with van der Waals surface area (Å²) in [6, 6.07) is 5.60. The van der Waals surface area contributed by atoms with Crippen LogP contribution in [-0.4, -0.2) is 47.7 Å². The van der Waals surface area contributed by atoms with Crippen LogP contribution in [-0.2, 0) is 0 Å². The van der Waals surface area contributed by atoms with E-state index in [0.29, 0.717) is 12.8 Å². The maximum atomic E-state index is 13.3. The van der Waals surface area contributed by atoms with Gasteiger partial charge in [-0.1, -0.05) is 0 Å². The molecular weight excluding hydrogens is 742 g/mol. The first-order valence-corrected chi connectivity index (χ1v) is 20.9. The fourth-order valence-corrected chi connectivity index (χ4v) is 13.3. The van der Waals surface area contributed by atoms with Gasteiger partial charge in [0.2, 0.25) is 0 Å². The summed E-state index contributed by atoms with van der Waals surface area (Å²) < 4.78 is -0.704. The number of carbonyl (C=O) groups excluding carboxylic acids is 8. The number of unbranched alkanes of at least 4 members (excludes halogenated alkanes) is 1. The third-order valence-electron chi connectivity index (χ3n) is 7.51. The van der Waals surface area contributed by atoms with E-state index in [1.54, 1.807) is 4.93 Å². The molecule has 2 heterocycles. The second-order valence-electron chi connectivity index (χ2n) is 10.0. The van der Waals surface area contributed by atoms with E-state index in [1.807, 2.05) is 6.92 Å². The zero-order chi connectivity index (χ0) is 29.0. The van der Waals surface area contributed by atoms with Gasteiger partial charge in [-0.2, -0.15) is 0 Å².